The van der Waals surface area contributed by atoms with Crippen LogP contribution >= 0.6 is 15.9 Å². The van der Waals surface area contributed by atoms with E-state index in [-0.39, 0.29) is 11.7 Å². The zero-order valence-electron chi connectivity index (χ0n) is 9.63. The van der Waals surface area contributed by atoms with Gasteiger partial charge >= 0.3 is 0 Å². The molecule has 0 fully saturated rings. The third kappa shape index (κ3) is 2.40. The first kappa shape index (κ1) is 12.6. The van der Waals surface area contributed by atoms with Gasteiger partial charge in [0.05, 0.1) is 17.7 Å². The smallest absolute Gasteiger partial charge is 0.167 e. The average Bonchev–Trinajstić information content (AvgIpc) is 2.55. The van der Waals surface area contributed by atoms with E-state index in [4.69, 9.17) is 15.2 Å². The minimum absolute atomic E-state index is 0.108. The summed E-state index contributed by atoms with van der Waals surface area (Å²) in [5, 5.41) is 0. The third-order valence-corrected chi connectivity index (χ3v) is 3.39. The molecule has 2 N–H and O–H groups in total. The van der Waals surface area contributed by atoms with Crippen LogP contribution in [0.4, 0.5) is 4.39 Å². The summed E-state index contributed by atoms with van der Waals surface area (Å²) < 4.78 is 25.7. The van der Waals surface area contributed by atoms with Crippen LogP contribution in [-0.2, 0) is 0 Å². The fourth-order valence-corrected chi connectivity index (χ4v) is 2.26. The van der Waals surface area contributed by atoms with E-state index in [1.807, 2.05) is 6.92 Å². The molecule has 1 heterocycles. The second-order valence-corrected chi connectivity index (χ2v) is 4.95. The quantitative estimate of drug-likeness (QED) is 0.914. The summed E-state index contributed by atoms with van der Waals surface area (Å²) in [6, 6.07) is 1.61. The molecule has 0 spiro atoms. The van der Waals surface area contributed by atoms with Gasteiger partial charge in [0.1, 0.15) is 5.82 Å². The number of benzene rings is 1. The SMILES string of the molecule is CC(CN)c1c(F)c(Br)cc2c1OCCCO2. The maximum absolute atomic E-state index is 14.1. The number of hydrogen-bond acceptors (Lipinski definition) is 3. The Bertz CT molecular complexity index is 425. The van der Waals surface area contributed by atoms with Gasteiger partial charge in [0.15, 0.2) is 11.5 Å². The zero-order valence-corrected chi connectivity index (χ0v) is 11.2. The normalized spacial score (nSPS) is 16.5. The molecule has 0 bridgehead atoms. The van der Waals surface area contributed by atoms with E-state index in [0.717, 1.165) is 6.42 Å². The summed E-state index contributed by atoms with van der Waals surface area (Å²) in [5.74, 6) is 0.669. The molecule has 0 aliphatic carbocycles. The molecular formula is C12H15BrFNO2. The van der Waals surface area contributed by atoms with Crippen LogP contribution in [0.2, 0.25) is 0 Å². The Morgan fingerprint density at radius 1 is 1.47 bits per heavy atom. The van der Waals surface area contributed by atoms with Crippen molar-refractivity contribution in [3.63, 3.8) is 0 Å². The largest absolute Gasteiger partial charge is 0.490 e. The molecule has 2 rings (SSSR count). The van der Waals surface area contributed by atoms with Crippen LogP contribution in [-0.4, -0.2) is 19.8 Å². The molecule has 94 valence electrons. The first-order valence-electron chi connectivity index (χ1n) is 5.62. The van der Waals surface area contributed by atoms with Crippen molar-refractivity contribution in [3.8, 4) is 11.5 Å². The van der Waals surface area contributed by atoms with E-state index in [2.05, 4.69) is 15.9 Å². The van der Waals surface area contributed by atoms with E-state index < -0.39 is 0 Å². The molecule has 0 saturated carbocycles. The van der Waals surface area contributed by atoms with E-state index in [1.165, 1.54) is 0 Å². The van der Waals surface area contributed by atoms with Crippen LogP contribution in [0.5, 0.6) is 11.5 Å². The molecule has 1 unspecified atom stereocenters. The van der Waals surface area contributed by atoms with Crippen LogP contribution in [0.1, 0.15) is 24.8 Å². The second kappa shape index (κ2) is 5.23. The minimum Gasteiger partial charge on any atom is -0.490 e. The Hall–Kier alpha value is -0.810. The standard InChI is InChI=1S/C12H15BrFNO2/c1-7(6-15)10-11(14)8(13)5-9-12(10)17-4-2-3-16-9/h5,7H,2-4,6,15H2,1H3. The van der Waals surface area contributed by atoms with Crippen LogP contribution in [0.3, 0.4) is 0 Å². The van der Waals surface area contributed by atoms with Crippen molar-refractivity contribution >= 4 is 15.9 Å². The lowest BCUT2D eigenvalue weighted by Crippen LogP contribution is -2.13. The van der Waals surface area contributed by atoms with E-state index in [0.29, 0.717) is 41.3 Å². The van der Waals surface area contributed by atoms with Gasteiger partial charge < -0.3 is 15.2 Å². The second-order valence-electron chi connectivity index (χ2n) is 4.10. The summed E-state index contributed by atoms with van der Waals surface area (Å²) in [5.41, 5.74) is 6.12. The van der Waals surface area contributed by atoms with Crippen molar-refractivity contribution in [2.24, 2.45) is 5.73 Å². The van der Waals surface area contributed by atoms with Crippen LogP contribution in [0.15, 0.2) is 10.5 Å². The lowest BCUT2D eigenvalue weighted by Gasteiger charge is -2.18. The highest BCUT2D eigenvalue weighted by atomic mass is 79.9. The predicted octanol–water partition coefficient (Wildman–Crippen LogP) is 2.81. The van der Waals surface area contributed by atoms with Crippen molar-refractivity contribution in [1.29, 1.82) is 0 Å². The number of halogens is 2. The predicted molar refractivity (Wildman–Crippen MR) is 67.2 cm³/mol. The maximum Gasteiger partial charge on any atom is 0.167 e. The highest BCUT2D eigenvalue weighted by Gasteiger charge is 2.24. The van der Waals surface area contributed by atoms with Crippen LogP contribution in [0, 0.1) is 5.82 Å². The molecule has 1 aromatic rings. The number of nitrogens with two attached hydrogens (primary N) is 1. The Kier molecular flexibility index (Phi) is 3.89. The molecule has 0 aromatic heterocycles. The maximum atomic E-state index is 14.1. The van der Waals surface area contributed by atoms with Crippen molar-refractivity contribution in [2.45, 2.75) is 19.3 Å². The Morgan fingerprint density at radius 3 is 2.88 bits per heavy atom. The van der Waals surface area contributed by atoms with Gasteiger partial charge in [-0.1, -0.05) is 6.92 Å². The molecule has 1 atom stereocenters. The summed E-state index contributed by atoms with van der Waals surface area (Å²) in [6.07, 6.45) is 0.796. The Balaban J connectivity index is 2.57. The zero-order chi connectivity index (χ0) is 12.4. The summed E-state index contributed by atoms with van der Waals surface area (Å²) in [6.45, 7) is 3.36. The van der Waals surface area contributed by atoms with Crippen molar-refractivity contribution in [3.05, 3.63) is 21.9 Å². The first-order valence-corrected chi connectivity index (χ1v) is 6.42. The Morgan fingerprint density at radius 2 is 2.18 bits per heavy atom. The lowest BCUT2D eigenvalue weighted by molar-refractivity contribution is 0.295. The highest BCUT2D eigenvalue weighted by molar-refractivity contribution is 9.10. The van der Waals surface area contributed by atoms with Gasteiger partial charge in [0.2, 0.25) is 0 Å². The number of ether oxygens (including phenoxy) is 2. The van der Waals surface area contributed by atoms with Gasteiger partial charge in [-0.2, -0.15) is 0 Å². The van der Waals surface area contributed by atoms with Gasteiger partial charge in [0, 0.05) is 24.0 Å². The van der Waals surface area contributed by atoms with Gasteiger partial charge in [-0.25, -0.2) is 4.39 Å². The number of hydrogen-bond donors (Lipinski definition) is 1. The topological polar surface area (TPSA) is 44.5 Å². The van der Waals surface area contributed by atoms with Gasteiger partial charge in [-0.3, -0.25) is 0 Å². The summed E-state index contributed by atoms with van der Waals surface area (Å²) >= 11 is 3.20. The van der Waals surface area contributed by atoms with Crippen LogP contribution in [0.25, 0.3) is 0 Å². The molecule has 1 aromatic carbocycles. The van der Waals surface area contributed by atoms with Gasteiger partial charge in [0.25, 0.3) is 0 Å². The fourth-order valence-electron chi connectivity index (χ4n) is 1.83. The summed E-state index contributed by atoms with van der Waals surface area (Å²) in [4.78, 5) is 0. The van der Waals surface area contributed by atoms with Crippen LogP contribution < -0.4 is 15.2 Å². The van der Waals surface area contributed by atoms with Gasteiger partial charge in [-0.15, -0.1) is 0 Å². The molecule has 0 radical (unpaired) electrons. The molecular weight excluding hydrogens is 289 g/mol. The monoisotopic (exact) mass is 303 g/mol. The fraction of sp³-hybridized carbons (Fsp3) is 0.500. The molecule has 1 aliphatic rings. The molecule has 3 nitrogen and oxygen atoms in total. The number of rotatable bonds is 2. The molecule has 1 aliphatic heterocycles. The molecule has 0 amide bonds. The van der Waals surface area contributed by atoms with E-state index in [1.54, 1.807) is 6.07 Å². The first-order chi connectivity index (χ1) is 8.15. The van der Waals surface area contributed by atoms with Crippen molar-refractivity contribution in [1.82, 2.24) is 0 Å². The van der Waals surface area contributed by atoms with E-state index >= 15 is 0 Å². The Labute approximate surface area is 108 Å². The lowest BCUT2D eigenvalue weighted by atomic mass is 9.99. The highest BCUT2D eigenvalue weighted by Crippen LogP contribution is 2.42. The minimum atomic E-state index is -0.313. The number of fused-ring (bicyclic) bond motifs is 1. The van der Waals surface area contributed by atoms with Crippen molar-refractivity contribution in [2.75, 3.05) is 19.8 Å². The average molecular weight is 304 g/mol. The molecule has 5 heteroatoms. The molecule has 17 heavy (non-hydrogen) atoms. The summed E-state index contributed by atoms with van der Waals surface area (Å²) in [7, 11) is 0. The van der Waals surface area contributed by atoms with Crippen molar-refractivity contribution < 1.29 is 13.9 Å². The molecule has 0 saturated heterocycles. The third-order valence-electron chi connectivity index (χ3n) is 2.81. The van der Waals surface area contributed by atoms with E-state index in [9.17, 15) is 4.39 Å². The van der Waals surface area contributed by atoms with Gasteiger partial charge in [-0.05, 0) is 22.5 Å².